The van der Waals surface area contributed by atoms with E-state index in [-0.39, 0.29) is 23.4 Å². The van der Waals surface area contributed by atoms with Gasteiger partial charge in [0, 0.05) is 6.42 Å². The van der Waals surface area contributed by atoms with Gasteiger partial charge in [-0.2, -0.15) is 0 Å². The molecule has 14 nitrogen and oxygen atoms in total. The topological polar surface area (TPSA) is 212 Å². The van der Waals surface area contributed by atoms with Crippen LogP contribution in [0.2, 0.25) is 0 Å². The third-order valence-corrected chi connectivity index (χ3v) is 7.54. The fourth-order valence-corrected chi connectivity index (χ4v) is 4.96. The lowest BCUT2D eigenvalue weighted by atomic mass is 9.97. The van der Waals surface area contributed by atoms with Gasteiger partial charge in [0.2, 0.25) is 0 Å². The zero-order chi connectivity index (χ0) is 24.1. The number of aromatic nitrogens is 4. The number of rotatable bonds is 8. The maximum absolute atomic E-state index is 12.6. The van der Waals surface area contributed by atoms with Gasteiger partial charge < -0.3 is 30.3 Å². The first-order valence-corrected chi connectivity index (χ1v) is 12.8. The number of nitrogens with two attached hydrogens (primary N) is 1. The van der Waals surface area contributed by atoms with Gasteiger partial charge in [-0.05, 0) is 13.8 Å². The molecule has 1 aliphatic heterocycles. The molecule has 16 heteroatoms. The molecule has 1 fully saturated rings. The molecule has 0 bridgehead atoms. The molecule has 180 valence electrons. The van der Waals surface area contributed by atoms with E-state index < -0.39 is 51.2 Å². The number of nitrogens with zero attached hydrogens (tertiary/aromatic N) is 4. The van der Waals surface area contributed by atoms with E-state index in [1.54, 1.807) is 0 Å². The van der Waals surface area contributed by atoms with Crippen molar-refractivity contribution in [2.24, 2.45) is 0 Å². The summed E-state index contributed by atoms with van der Waals surface area (Å²) < 4.78 is 41.5. The maximum Gasteiger partial charge on any atom is 0.470 e. The molecule has 5 atom stereocenters. The summed E-state index contributed by atoms with van der Waals surface area (Å²) in [6.07, 6.45) is -2.66. The molecule has 0 radical (unpaired) electrons. The molecule has 3 heterocycles. The number of imidazole rings is 1. The van der Waals surface area contributed by atoms with Crippen LogP contribution in [0.5, 0.6) is 0 Å². The van der Waals surface area contributed by atoms with E-state index in [4.69, 9.17) is 29.3 Å². The number of aliphatic hydroxyl groups is 1. The van der Waals surface area contributed by atoms with Gasteiger partial charge in [0.15, 0.2) is 17.7 Å². The molecule has 1 aliphatic rings. The molecule has 1 unspecified atom stereocenters. The Morgan fingerprint density at radius 1 is 1.25 bits per heavy atom. The summed E-state index contributed by atoms with van der Waals surface area (Å²) in [5.74, 6) is 0.104. The van der Waals surface area contributed by atoms with Crippen LogP contribution in [0.15, 0.2) is 12.7 Å². The highest BCUT2D eigenvalue weighted by Crippen LogP contribution is 2.53. The number of nitrogen functional groups attached to an aromatic ring is 1. The summed E-state index contributed by atoms with van der Waals surface area (Å²) >= 11 is 0. The van der Waals surface area contributed by atoms with E-state index in [0.29, 0.717) is 0 Å². The number of ether oxygens (including phenoxy) is 1. The molecule has 2 aromatic rings. The standard InChI is InChI=1S/C16H27N5O9P2/c1-8(2)31(23,24)29-12-11(22)9(5-16(3,4)30-32(25,26)27)28-15(12)21-7-20-10-13(17)18-6-19-14(10)21/h6-9,11-12,15,22H,5H2,1-4H3,(H,23,24)(H2,17,18,19)(H2,25,26,27)/t9-,11+,12+,15-/m0/s1. The molecule has 0 spiro atoms. The monoisotopic (exact) mass is 495 g/mol. The van der Waals surface area contributed by atoms with Gasteiger partial charge >= 0.3 is 15.4 Å². The van der Waals surface area contributed by atoms with E-state index in [0.717, 1.165) is 0 Å². The molecule has 3 rings (SSSR count). The van der Waals surface area contributed by atoms with Crippen molar-refractivity contribution in [3.8, 4) is 0 Å². The normalized spacial score (nSPS) is 26.7. The fraction of sp³-hybridized carbons (Fsp3) is 0.688. The van der Waals surface area contributed by atoms with Crippen LogP contribution in [0.3, 0.4) is 0 Å². The van der Waals surface area contributed by atoms with Crippen LogP contribution < -0.4 is 5.73 Å². The van der Waals surface area contributed by atoms with Crippen molar-refractivity contribution in [2.45, 2.75) is 69.9 Å². The van der Waals surface area contributed by atoms with Crippen LogP contribution in [-0.4, -0.2) is 68.9 Å². The third kappa shape index (κ3) is 5.36. The third-order valence-electron chi connectivity index (χ3n) is 4.96. The zero-order valence-electron chi connectivity index (χ0n) is 17.8. The van der Waals surface area contributed by atoms with Crippen LogP contribution in [0.25, 0.3) is 11.2 Å². The average molecular weight is 495 g/mol. The SMILES string of the molecule is CC(C)P(=O)(O)O[C@@H]1[C@H](O)[C@H](CC(C)(C)OP(=O)(O)O)O[C@@H]1n1cnc2c(N)ncnc21. The molecule has 1 saturated heterocycles. The van der Waals surface area contributed by atoms with Crippen molar-refractivity contribution in [1.82, 2.24) is 19.5 Å². The number of fused-ring (bicyclic) bond motifs is 1. The maximum atomic E-state index is 12.6. The lowest BCUT2D eigenvalue weighted by Gasteiger charge is -2.29. The molecule has 0 aromatic carbocycles. The minimum absolute atomic E-state index is 0.104. The molecule has 6 N–H and O–H groups in total. The Hall–Kier alpha value is -1.47. The van der Waals surface area contributed by atoms with Gasteiger partial charge in [0.1, 0.15) is 24.1 Å². The van der Waals surface area contributed by atoms with Crippen molar-refractivity contribution < 1.29 is 42.7 Å². The highest BCUT2D eigenvalue weighted by atomic mass is 31.2. The van der Waals surface area contributed by atoms with E-state index in [9.17, 15) is 19.1 Å². The van der Waals surface area contributed by atoms with E-state index in [1.807, 2.05) is 0 Å². The smallest absolute Gasteiger partial charge is 0.387 e. The van der Waals surface area contributed by atoms with Crippen molar-refractivity contribution in [1.29, 1.82) is 0 Å². The first kappa shape index (κ1) is 25.2. The summed E-state index contributed by atoms with van der Waals surface area (Å²) in [5, 5.41) is 10.9. The Morgan fingerprint density at radius 3 is 2.50 bits per heavy atom. The van der Waals surface area contributed by atoms with Crippen LogP contribution in [0.4, 0.5) is 5.82 Å². The number of aliphatic hydroxyl groups excluding tert-OH is 1. The largest absolute Gasteiger partial charge is 0.470 e. The van der Waals surface area contributed by atoms with Gasteiger partial charge in [-0.25, -0.2) is 19.5 Å². The van der Waals surface area contributed by atoms with Gasteiger partial charge in [-0.1, -0.05) is 13.8 Å². The van der Waals surface area contributed by atoms with Crippen LogP contribution in [0, 0.1) is 0 Å². The van der Waals surface area contributed by atoms with Gasteiger partial charge in [-0.15, -0.1) is 0 Å². The molecular weight excluding hydrogens is 468 g/mol. The Balaban J connectivity index is 1.98. The lowest BCUT2D eigenvalue weighted by Crippen LogP contribution is -2.38. The number of phosphoric acid groups is 1. The second kappa shape index (κ2) is 8.71. The second-order valence-electron chi connectivity index (χ2n) is 8.41. The first-order valence-electron chi connectivity index (χ1n) is 9.65. The van der Waals surface area contributed by atoms with Crippen LogP contribution >= 0.6 is 15.4 Å². The second-order valence-corrected chi connectivity index (χ2v) is 11.9. The van der Waals surface area contributed by atoms with Gasteiger partial charge in [-0.3, -0.25) is 18.2 Å². The summed E-state index contributed by atoms with van der Waals surface area (Å²) in [4.78, 5) is 40.7. The van der Waals surface area contributed by atoms with Crippen LogP contribution in [0.1, 0.15) is 40.3 Å². The van der Waals surface area contributed by atoms with Crippen LogP contribution in [-0.2, 0) is 22.9 Å². The Kier molecular flexibility index (Phi) is 6.85. The Morgan fingerprint density at radius 2 is 1.91 bits per heavy atom. The average Bonchev–Trinajstić information content (AvgIpc) is 3.16. The molecule has 2 aromatic heterocycles. The minimum Gasteiger partial charge on any atom is -0.387 e. The minimum atomic E-state index is -4.83. The molecular formula is C16H27N5O9P2. The number of hydrogen-bond acceptors (Lipinski definition) is 10. The van der Waals surface area contributed by atoms with E-state index in [2.05, 4.69) is 15.0 Å². The number of anilines is 1. The zero-order valence-corrected chi connectivity index (χ0v) is 19.6. The summed E-state index contributed by atoms with van der Waals surface area (Å²) in [6.45, 7) is 5.81. The first-order chi connectivity index (χ1) is 14.6. The molecule has 0 aliphatic carbocycles. The van der Waals surface area contributed by atoms with E-state index >= 15 is 0 Å². The highest BCUT2D eigenvalue weighted by molar-refractivity contribution is 7.53. The van der Waals surface area contributed by atoms with Gasteiger partial charge in [0.25, 0.3) is 0 Å². The van der Waals surface area contributed by atoms with Crippen molar-refractivity contribution in [3.63, 3.8) is 0 Å². The quantitative estimate of drug-likeness (QED) is 0.323. The van der Waals surface area contributed by atoms with Gasteiger partial charge in [0.05, 0.1) is 23.7 Å². The number of phosphoric ester groups is 1. The predicted molar refractivity (Wildman–Crippen MR) is 111 cm³/mol. The Labute approximate surface area is 183 Å². The Bertz CT molecular complexity index is 1070. The molecule has 32 heavy (non-hydrogen) atoms. The van der Waals surface area contributed by atoms with E-state index in [1.165, 1.54) is 44.9 Å². The fourth-order valence-electron chi connectivity index (χ4n) is 3.42. The summed E-state index contributed by atoms with van der Waals surface area (Å²) in [6, 6.07) is 0. The summed E-state index contributed by atoms with van der Waals surface area (Å²) in [5.41, 5.74) is 4.15. The lowest BCUT2D eigenvalue weighted by molar-refractivity contribution is -0.0621. The van der Waals surface area contributed by atoms with Crippen molar-refractivity contribution in [3.05, 3.63) is 12.7 Å². The van der Waals surface area contributed by atoms with Crippen molar-refractivity contribution >= 4 is 32.4 Å². The van der Waals surface area contributed by atoms with Crippen molar-refractivity contribution in [2.75, 3.05) is 5.73 Å². The highest BCUT2D eigenvalue weighted by Gasteiger charge is 2.51. The number of hydrogen-bond donors (Lipinski definition) is 5. The summed E-state index contributed by atoms with van der Waals surface area (Å²) in [7, 11) is -8.98. The molecule has 0 amide bonds. The molecule has 0 saturated carbocycles. The predicted octanol–water partition coefficient (Wildman–Crippen LogP) is 0.924.